The number of hydrogen-bond donors (Lipinski definition) is 0. The highest BCUT2D eigenvalue weighted by atomic mass is 32.1. The van der Waals surface area contributed by atoms with Crippen molar-refractivity contribution in [2.24, 2.45) is 7.05 Å². The summed E-state index contributed by atoms with van der Waals surface area (Å²) in [4.78, 5) is 7.46. The van der Waals surface area contributed by atoms with Crippen LogP contribution in [0.25, 0.3) is 42.9 Å². The molecule has 25 heavy (non-hydrogen) atoms. The second kappa shape index (κ2) is 5.57. The van der Waals surface area contributed by atoms with Crippen molar-refractivity contribution in [2.75, 3.05) is 0 Å². The number of nitrogens with zero attached hydrogens (tertiary/aromatic N) is 2. The number of hydrogen-bond acceptors (Lipinski definition) is 2. The van der Waals surface area contributed by atoms with Crippen molar-refractivity contribution in [3.8, 4) is 21.1 Å². The average molecular weight is 340 g/mol. The summed E-state index contributed by atoms with van der Waals surface area (Å²) in [5.74, 6) is 1.03. The van der Waals surface area contributed by atoms with Crippen LogP contribution in [0.2, 0.25) is 0 Å². The molecule has 0 radical (unpaired) electrons. The first-order valence-electron chi connectivity index (χ1n) is 8.31. The van der Waals surface area contributed by atoms with Gasteiger partial charge in [-0.05, 0) is 29.1 Å². The summed E-state index contributed by atoms with van der Waals surface area (Å²) in [5.41, 5.74) is 3.50. The maximum Gasteiger partial charge on any atom is 0.151 e. The van der Waals surface area contributed by atoms with E-state index in [1.54, 1.807) is 11.3 Å². The highest BCUT2D eigenvalue weighted by Crippen LogP contribution is 2.36. The van der Waals surface area contributed by atoms with Gasteiger partial charge in [0, 0.05) is 17.3 Å². The molecule has 5 aromatic rings. The molecule has 0 unspecified atom stereocenters. The van der Waals surface area contributed by atoms with E-state index in [0.29, 0.717) is 0 Å². The Labute approximate surface area is 150 Å². The van der Waals surface area contributed by atoms with Crippen LogP contribution in [0.4, 0.5) is 0 Å². The summed E-state index contributed by atoms with van der Waals surface area (Å²) in [7, 11) is 2.10. The van der Waals surface area contributed by atoms with E-state index in [-0.39, 0.29) is 0 Å². The van der Waals surface area contributed by atoms with E-state index in [2.05, 4.69) is 90.5 Å². The minimum atomic E-state index is 1.03. The lowest BCUT2D eigenvalue weighted by Gasteiger charge is -2.00. The molecule has 0 spiro atoms. The van der Waals surface area contributed by atoms with E-state index < -0.39 is 0 Å². The van der Waals surface area contributed by atoms with Crippen LogP contribution in [0.3, 0.4) is 0 Å². The molecule has 0 amide bonds. The van der Waals surface area contributed by atoms with Gasteiger partial charge in [-0.15, -0.1) is 11.3 Å². The second-order valence-corrected chi connectivity index (χ2v) is 7.26. The SMILES string of the molecule is Cn1c(-c2ccc(-c3ccccc3)s2)nc2c3ccccc3ccc21. The molecule has 0 saturated carbocycles. The van der Waals surface area contributed by atoms with E-state index >= 15 is 0 Å². The lowest BCUT2D eigenvalue weighted by molar-refractivity contribution is 0.963. The lowest BCUT2D eigenvalue weighted by Crippen LogP contribution is -1.90. The van der Waals surface area contributed by atoms with Crippen LogP contribution < -0.4 is 0 Å². The van der Waals surface area contributed by atoms with Gasteiger partial charge in [0.1, 0.15) is 0 Å². The van der Waals surface area contributed by atoms with E-state index in [0.717, 1.165) is 11.3 Å². The van der Waals surface area contributed by atoms with Crippen molar-refractivity contribution < 1.29 is 0 Å². The Morgan fingerprint density at radius 2 is 1.52 bits per heavy atom. The second-order valence-electron chi connectivity index (χ2n) is 6.18. The van der Waals surface area contributed by atoms with Gasteiger partial charge in [-0.25, -0.2) is 4.98 Å². The molecular weight excluding hydrogens is 324 g/mol. The third kappa shape index (κ3) is 2.28. The summed E-state index contributed by atoms with van der Waals surface area (Å²) in [6.45, 7) is 0. The van der Waals surface area contributed by atoms with E-state index in [9.17, 15) is 0 Å². The molecule has 3 heteroatoms. The van der Waals surface area contributed by atoms with Crippen molar-refractivity contribution in [1.82, 2.24) is 9.55 Å². The van der Waals surface area contributed by atoms with Crippen LogP contribution in [-0.2, 0) is 7.05 Å². The zero-order valence-electron chi connectivity index (χ0n) is 13.8. The zero-order chi connectivity index (χ0) is 16.8. The highest BCUT2D eigenvalue weighted by Gasteiger charge is 2.14. The van der Waals surface area contributed by atoms with Crippen LogP contribution >= 0.6 is 11.3 Å². The van der Waals surface area contributed by atoms with E-state index in [1.807, 2.05) is 0 Å². The smallest absolute Gasteiger partial charge is 0.151 e. The minimum absolute atomic E-state index is 1.03. The fourth-order valence-corrected chi connectivity index (χ4v) is 4.40. The van der Waals surface area contributed by atoms with Crippen LogP contribution in [-0.4, -0.2) is 9.55 Å². The third-order valence-corrected chi connectivity index (χ3v) is 5.79. The molecule has 0 saturated heterocycles. The van der Waals surface area contributed by atoms with Gasteiger partial charge in [0.25, 0.3) is 0 Å². The Morgan fingerprint density at radius 3 is 2.40 bits per heavy atom. The number of imidazole rings is 1. The summed E-state index contributed by atoms with van der Waals surface area (Å²) < 4.78 is 2.20. The van der Waals surface area contributed by atoms with Crippen molar-refractivity contribution in [3.05, 3.63) is 78.9 Å². The quantitative estimate of drug-likeness (QED) is 0.378. The van der Waals surface area contributed by atoms with Crippen molar-refractivity contribution in [2.45, 2.75) is 0 Å². The molecule has 2 aromatic heterocycles. The van der Waals surface area contributed by atoms with E-state index in [4.69, 9.17) is 4.98 Å². The van der Waals surface area contributed by atoms with Gasteiger partial charge in [-0.2, -0.15) is 0 Å². The number of aryl methyl sites for hydroxylation is 1. The predicted octanol–water partition coefficient (Wildman–Crippen LogP) is 6.12. The summed E-state index contributed by atoms with van der Waals surface area (Å²) >= 11 is 1.79. The monoisotopic (exact) mass is 340 g/mol. The van der Waals surface area contributed by atoms with Crippen LogP contribution in [0.1, 0.15) is 0 Å². The molecule has 120 valence electrons. The molecule has 0 bridgehead atoms. The first kappa shape index (κ1) is 14.4. The molecule has 0 aliphatic rings. The third-order valence-electron chi connectivity index (χ3n) is 4.66. The highest BCUT2D eigenvalue weighted by molar-refractivity contribution is 7.18. The number of benzene rings is 3. The Kier molecular flexibility index (Phi) is 3.22. The topological polar surface area (TPSA) is 17.8 Å². The predicted molar refractivity (Wildman–Crippen MR) is 107 cm³/mol. The first-order valence-corrected chi connectivity index (χ1v) is 9.13. The summed E-state index contributed by atoms with van der Waals surface area (Å²) in [6.07, 6.45) is 0. The molecule has 0 N–H and O–H groups in total. The van der Waals surface area contributed by atoms with Crippen molar-refractivity contribution in [1.29, 1.82) is 0 Å². The van der Waals surface area contributed by atoms with Gasteiger partial charge in [-0.1, -0.05) is 60.7 Å². The molecule has 0 atom stereocenters. The molecule has 0 aliphatic heterocycles. The van der Waals surface area contributed by atoms with Crippen LogP contribution in [0, 0.1) is 0 Å². The molecule has 5 rings (SSSR count). The maximum absolute atomic E-state index is 4.99. The summed E-state index contributed by atoms with van der Waals surface area (Å²) in [5, 5.41) is 2.44. The molecule has 0 fully saturated rings. The van der Waals surface area contributed by atoms with Gasteiger partial charge in [0.15, 0.2) is 5.82 Å². The largest absolute Gasteiger partial charge is 0.326 e. The lowest BCUT2D eigenvalue weighted by atomic mass is 10.1. The number of rotatable bonds is 2. The van der Waals surface area contributed by atoms with Gasteiger partial charge in [-0.3, -0.25) is 0 Å². The van der Waals surface area contributed by atoms with Crippen molar-refractivity contribution in [3.63, 3.8) is 0 Å². The molecule has 0 aliphatic carbocycles. The van der Waals surface area contributed by atoms with Crippen LogP contribution in [0.15, 0.2) is 78.9 Å². The number of aromatic nitrogens is 2. The van der Waals surface area contributed by atoms with Crippen molar-refractivity contribution >= 4 is 33.1 Å². The fourth-order valence-electron chi connectivity index (χ4n) is 3.36. The molecule has 2 heterocycles. The standard InChI is InChI=1S/C22H16N2S/c1-24-18-12-11-15-7-5-6-10-17(15)21(18)23-22(24)20-14-13-19(25-20)16-8-3-2-4-9-16/h2-14H,1H3. The average Bonchev–Trinajstić information content (AvgIpc) is 3.28. The Bertz CT molecular complexity index is 1200. The van der Waals surface area contributed by atoms with E-state index in [1.165, 1.54) is 31.6 Å². The zero-order valence-corrected chi connectivity index (χ0v) is 14.6. The van der Waals surface area contributed by atoms with Crippen LogP contribution in [0.5, 0.6) is 0 Å². The molecular formula is C22H16N2S. The fraction of sp³-hybridized carbons (Fsp3) is 0.0455. The Morgan fingerprint density at radius 1 is 0.760 bits per heavy atom. The molecule has 2 nitrogen and oxygen atoms in total. The minimum Gasteiger partial charge on any atom is -0.326 e. The number of fused-ring (bicyclic) bond motifs is 3. The maximum atomic E-state index is 4.99. The Hall–Kier alpha value is -2.91. The van der Waals surface area contributed by atoms with Gasteiger partial charge in [0.05, 0.1) is 15.9 Å². The Balaban J connectivity index is 1.70. The summed E-state index contributed by atoms with van der Waals surface area (Å²) in [6, 6.07) is 27.7. The van der Waals surface area contributed by atoms with Gasteiger partial charge in [0.2, 0.25) is 0 Å². The normalized spacial score (nSPS) is 11.4. The van der Waals surface area contributed by atoms with Gasteiger partial charge >= 0.3 is 0 Å². The molecule has 3 aromatic carbocycles. The van der Waals surface area contributed by atoms with Gasteiger partial charge < -0.3 is 4.57 Å². The number of thiophene rings is 1. The first-order chi connectivity index (χ1) is 12.3.